The Kier molecular flexibility index (Phi) is 2.02. The number of aromatic nitrogens is 1. The molecule has 2 atom stereocenters. The molecule has 0 aliphatic heterocycles. The van der Waals surface area contributed by atoms with Crippen LogP contribution >= 0.6 is 0 Å². The number of hydrogen-bond acceptors (Lipinski definition) is 3. The van der Waals surface area contributed by atoms with Gasteiger partial charge < -0.3 is 4.42 Å². The molecular weight excluding hydrogens is 218 g/mol. The van der Waals surface area contributed by atoms with Gasteiger partial charge in [0.25, 0.3) is 0 Å². The number of Topliss-reactive ketones (excluding diaryl/α,β-unsaturated/α-hetero) is 1. The molecule has 2 aromatic rings. The fourth-order valence-corrected chi connectivity index (χ4v) is 2.19. The van der Waals surface area contributed by atoms with Gasteiger partial charge in [0.2, 0.25) is 0 Å². The standard InChI is InChI=1S/C13H13NO3/c1-7-5-9(7)12(15)8-3-4-10-11(6-8)17-13(16)14(10)2/h3-4,6-7,9H,5H2,1-2H3. The third kappa shape index (κ3) is 1.52. The van der Waals surface area contributed by atoms with Gasteiger partial charge in [0.15, 0.2) is 11.4 Å². The van der Waals surface area contributed by atoms with Crippen molar-refractivity contribution in [3.05, 3.63) is 34.3 Å². The smallest absolute Gasteiger partial charge is 0.408 e. The fraction of sp³-hybridized carbons (Fsp3) is 0.385. The number of benzene rings is 1. The highest BCUT2D eigenvalue weighted by atomic mass is 16.4. The molecule has 1 heterocycles. The average Bonchev–Trinajstić information content (AvgIpc) is 2.97. The zero-order valence-corrected chi connectivity index (χ0v) is 9.77. The minimum atomic E-state index is -0.399. The van der Waals surface area contributed by atoms with Crippen molar-refractivity contribution in [3.63, 3.8) is 0 Å². The van der Waals surface area contributed by atoms with Crippen molar-refractivity contribution in [3.8, 4) is 0 Å². The molecule has 1 aromatic heterocycles. The Balaban J connectivity index is 2.08. The number of carbonyl (C=O) groups excluding carboxylic acids is 1. The summed E-state index contributed by atoms with van der Waals surface area (Å²) in [6, 6.07) is 5.20. The predicted octanol–water partition coefficient (Wildman–Crippen LogP) is 1.97. The lowest BCUT2D eigenvalue weighted by Gasteiger charge is -1.99. The maximum atomic E-state index is 12.0. The van der Waals surface area contributed by atoms with E-state index < -0.39 is 5.76 Å². The molecule has 1 saturated carbocycles. The lowest BCUT2D eigenvalue weighted by molar-refractivity contribution is 0.0962. The molecule has 1 aliphatic carbocycles. The molecule has 0 N–H and O–H groups in total. The normalized spacial score (nSPS) is 22.9. The monoisotopic (exact) mass is 231 g/mol. The summed E-state index contributed by atoms with van der Waals surface area (Å²) in [7, 11) is 1.65. The van der Waals surface area contributed by atoms with Gasteiger partial charge >= 0.3 is 5.76 Å². The lowest BCUT2D eigenvalue weighted by atomic mass is 10.1. The van der Waals surface area contributed by atoms with Gasteiger partial charge in [-0.3, -0.25) is 9.36 Å². The van der Waals surface area contributed by atoms with Crippen molar-refractivity contribution in [1.82, 2.24) is 4.57 Å². The van der Waals surface area contributed by atoms with E-state index in [0.717, 1.165) is 11.9 Å². The van der Waals surface area contributed by atoms with Crippen molar-refractivity contribution in [2.24, 2.45) is 18.9 Å². The first kappa shape index (κ1) is 10.3. The third-order valence-electron chi connectivity index (χ3n) is 3.52. The van der Waals surface area contributed by atoms with Gasteiger partial charge in [-0.1, -0.05) is 6.92 Å². The summed E-state index contributed by atoms with van der Waals surface area (Å²) in [6.45, 7) is 2.07. The fourth-order valence-electron chi connectivity index (χ4n) is 2.19. The lowest BCUT2D eigenvalue weighted by Crippen LogP contribution is -2.08. The Bertz CT molecular complexity index is 665. The van der Waals surface area contributed by atoms with E-state index in [4.69, 9.17) is 4.42 Å². The number of carbonyl (C=O) groups is 1. The van der Waals surface area contributed by atoms with E-state index in [1.165, 1.54) is 4.57 Å². The zero-order chi connectivity index (χ0) is 12.2. The van der Waals surface area contributed by atoms with E-state index in [1.807, 2.05) is 0 Å². The van der Waals surface area contributed by atoms with Crippen molar-refractivity contribution >= 4 is 16.9 Å². The number of oxazole rings is 1. The largest absolute Gasteiger partial charge is 0.419 e. The van der Waals surface area contributed by atoms with E-state index >= 15 is 0 Å². The van der Waals surface area contributed by atoms with E-state index in [-0.39, 0.29) is 11.7 Å². The van der Waals surface area contributed by atoms with E-state index in [0.29, 0.717) is 17.1 Å². The Labute approximate surface area is 97.8 Å². The van der Waals surface area contributed by atoms with E-state index in [2.05, 4.69) is 6.92 Å². The molecule has 0 spiro atoms. The average molecular weight is 231 g/mol. The molecule has 1 fully saturated rings. The molecule has 88 valence electrons. The van der Waals surface area contributed by atoms with Crippen LogP contribution in [-0.4, -0.2) is 10.4 Å². The maximum absolute atomic E-state index is 12.0. The summed E-state index contributed by atoms with van der Waals surface area (Å²) in [4.78, 5) is 23.4. The molecule has 1 aromatic carbocycles. The van der Waals surface area contributed by atoms with Crippen LogP contribution in [-0.2, 0) is 7.05 Å². The first-order chi connectivity index (χ1) is 8.08. The van der Waals surface area contributed by atoms with Gasteiger partial charge in [0, 0.05) is 18.5 Å². The summed E-state index contributed by atoms with van der Waals surface area (Å²) in [5, 5.41) is 0. The summed E-state index contributed by atoms with van der Waals surface area (Å²) in [5.41, 5.74) is 1.84. The number of nitrogens with zero attached hydrogens (tertiary/aromatic N) is 1. The van der Waals surface area contributed by atoms with Crippen LogP contribution < -0.4 is 5.76 Å². The molecule has 0 saturated heterocycles. The number of rotatable bonds is 2. The molecule has 0 bridgehead atoms. The molecule has 1 aliphatic rings. The van der Waals surface area contributed by atoms with Crippen molar-refractivity contribution < 1.29 is 9.21 Å². The molecule has 4 nitrogen and oxygen atoms in total. The topological polar surface area (TPSA) is 52.2 Å². The Morgan fingerprint density at radius 3 is 2.82 bits per heavy atom. The molecule has 4 heteroatoms. The summed E-state index contributed by atoms with van der Waals surface area (Å²) < 4.78 is 6.51. The van der Waals surface area contributed by atoms with Gasteiger partial charge in [0.05, 0.1) is 5.52 Å². The molecule has 0 amide bonds. The minimum absolute atomic E-state index is 0.155. The van der Waals surface area contributed by atoms with Crippen LogP contribution in [0.3, 0.4) is 0 Å². The molecule has 3 rings (SSSR count). The second kappa shape index (κ2) is 3.32. The highest BCUT2D eigenvalue weighted by Crippen LogP contribution is 2.40. The van der Waals surface area contributed by atoms with Crippen molar-refractivity contribution in [1.29, 1.82) is 0 Å². The van der Waals surface area contributed by atoms with Gasteiger partial charge in [-0.25, -0.2) is 4.79 Å². The maximum Gasteiger partial charge on any atom is 0.419 e. The van der Waals surface area contributed by atoms with Crippen LogP contribution in [0.5, 0.6) is 0 Å². The first-order valence-electron chi connectivity index (χ1n) is 5.71. The van der Waals surface area contributed by atoms with E-state index in [1.54, 1.807) is 25.2 Å². The van der Waals surface area contributed by atoms with Crippen LogP contribution in [0.4, 0.5) is 0 Å². The quantitative estimate of drug-likeness (QED) is 0.742. The van der Waals surface area contributed by atoms with Crippen LogP contribution in [0.15, 0.2) is 27.4 Å². The summed E-state index contributed by atoms with van der Waals surface area (Å²) in [6.07, 6.45) is 0.968. The summed E-state index contributed by atoms with van der Waals surface area (Å²) in [5.74, 6) is 0.402. The number of aryl methyl sites for hydroxylation is 1. The molecule has 0 radical (unpaired) electrons. The van der Waals surface area contributed by atoms with Crippen LogP contribution in [0.25, 0.3) is 11.1 Å². The molecular formula is C13H13NO3. The van der Waals surface area contributed by atoms with Crippen molar-refractivity contribution in [2.75, 3.05) is 0 Å². The highest BCUT2D eigenvalue weighted by Gasteiger charge is 2.39. The predicted molar refractivity (Wildman–Crippen MR) is 63.1 cm³/mol. The number of fused-ring (bicyclic) bond motifs is 1. The number of hydrogen-bond donors (Lipinski definition) is 0. The van der Waals surface area contributed by atoms with Gasteiger partial charge in [-0.05, 0) is 30.5 Å². The van der Waals surface area contributed by atoms with Gasteiger partial charge in [-0.2, -0.15) is 0 Å². The van der Waals surface area contributed by atoms with Crippen LogP contribution in [0, 0.1) is 11.8 Å². The van der Waals surface area contributed by atoms with Crippen molar-refractivity contribution in [2.45, 2.75) is 13.3 Å². The number of ketones is 1. The third-order valence-corrected chi connectivity index (χ3v) is 3.52. The second-order valence-electron chi connectivity index (χ2n) is 4.79. The molecule has 2 unspecified atom stereocenters. The van der Waals surface area contributed by atoms with Crippen LogP contribution in [0.2, 0.25) is 0 Å². The Morgan fingerprint density at radius 2 is 2.18 bits per heavy atom. The Morgan fingerprint density at radius 1 is 1.47 bits per heavy atom. The SMILES string of the molecule is CC1CC1C(=O)c1ccc2c(c1)oc(=O)n2C. The minimum Gasteiger partial charge on any atom is -0.408 e. The molecule has 17 heavy (non-hydrogen) atoms. The van der Waals surface area contributed by atoms with E-state index in [9.17, 15) is 9.59 Å². The second-order valence-corrected chi connectivity index (χ2v) is 4.79. The first-order valence-corrected chi connectivity index (χ1v) is 5.71. The van der Waals surface area contributed by atoms with Gasteiger partial charge in [-0.15, -0.1) is 0 Å². The van der Waals surface area contributed by atoms with Gasteiger partial charge in [0.1, 0.15) is 0 Å². The van der Waals surface area contributed by atoms with Crippen LogP contribution in [0.1, 0.15) is 23.7 Å². The highest BCUT2D eigenvalue weighted by molar-refractivity contribution is 6.01. The zero-order valence-electron chi connectivity index (χ0n) is 9.77. The Hall–Kier alpha value is -1.84. The summed E-state index contributed by atoms with van der Waals surface area (Å²) >= 11 is 0.